The standard InChI is InChI=1S/C8H19N.C7H10N2.C2H6OS/c1-6-9(7(2)3)8(4)5;1-9(2)7-5-3-4-6-8-7;1-4(2)3/h7-8H,6H2,1-5H3;3-6H,1-2H3;1-2H3. The molecule has 1 aromatic rings. The number of anilines is 1. The van der Waals surface area contributed by atoms with Gasteiger partial charge in [-0.25, -0.2) is 4.98 Å². The summed E-state index contributed by atoms with van der Waals surface area (Å²) < 4.78 is 9.56. The van der Waals surface area contributed by atoms with E-state index in [1.165, 1.54) is 0 Å². The lowest BCUT2D eigenvalue weighted by molar-refractivity contribution is 0.185. The second-order valence-electron chi connectivity index (χ2n) is 5.84. The monoisotopic (exact) mass is 329 g/mol. The summed E-state index contributed by atoms with van der Waals surface area (Å²) in [6.07, 6.45) is 5.06. The highest BCUT2D eigenvalue weighted by Gasteiger charge is 2.08. The van der Waals surface area contributed by atoms with Crippen molar-refractivity contribution in [3.63, 3.8) is 0 Å². The molecule has 4 nitrogen and oxygen atoms in total. The van der Waals surface area contributed by atoms with Crippen LogP contribution in [-0.4, -0.2) is 59.3 Å². The maximum Gasteiger partial charge on any atom is 0.127 e. The Balaban J connectivity index is 0. The molecule has 0 atom stereocenters. The van der Waals surface area contributed by atoms with Crippen molar-refractivity contribution in [2.24, 2.45) is 0 Å². The third-order valence-electron chi connectivity index (χ3n) is 2.80. The van der Waals surface area contributed by atoms with Crippen LogP contribution >= 0.6 is 0 Å². The van der Waals surface area contributed by atoms with E-state index in [4.69, 9.17) is 0 Å². The maximum atomic E-state index is 9.56. The first-order valence-corrected chi connectivity index (χ1v) is 9.69. The Morgan fingerprint density at radius 3 is 1.68 bits per heavy atom. The number of hydrogen-bond acceptors (Lipinski definition) is 4. The van der Waals surface area contributed by atoms with Crippen LogP contribution in [0.5, 0.6) is 0 Å². The summed E-state index contributed by atoms with van der Waals surface area (Å²) in [7, 11) is 3.34. The molecule has 0 aliphatic heterocycles. The third kappa shape index (κ3) is 14.0. The summed E-state index contributed by atoms with van der Waals surface area (Å²) in [6, 6.07) is 7.24. The van der Waals surface area contributed by atoms with Crippen LogP contribution in [0, 0.1) is 0 Å². The van der Waals surface area contributed by atoms with Crippen LogP contribution in [0.25, 0.3) is 0 Å². The van der Waals surface area contributed by atoms with Crippen molar-refractivity contribution < 1.29 is 4.21 Å². The van der Waals surface area contributed by atoms with Crippen LogP contribution in [0.3, 0.4) is 0 Å². The Hall–Kier alpha value is -0.940. The normalized spacial score (nSPS) is 10.2. The van der Waals surface area contributed by atoms with E-state index in [1.54, 1.807) is 18.7 Å². The maximum absolute atomic E-state index is 9.56. The minimum atomic E-state index is -0.611. The highest BCUT2D eigenvalue weighted by Crippen LogP contribution is 2.03. The van der Waals surface area contributed by atoms with E-state index < -0.39 is 10.8 Å². The Kier molecular flexibility index (Phi) is 14.5. The predicted octanol–water partition coefficient (Wildman–Crippen LogP) is 3.27. The Morgan fingerprint density at radius 2 is 1.55 bits per heavy atom. The summed E-state index contributed by atoms with van der Waals surface area (Å²) in [5, 5.41) is 0. The minimum absolute atomic E-state index is 0.611. The van der Waals surface area contributed by atoms with Crippen LogP contribution in [0.15, 0.2) is 24.4 Å². The topological polar surface area (TPSA) is 36.4 Å². The second kappa shape index (κ2) is 13.7. The molecular formula is C17H35N3OS. The van der Waals surface area contributed by atoms with Gasteiger partial charge in [0.15, 0.2) is 0 Å². The molecule has 0 spiro atoms. The van der Waals surface area contributed by atoms with Gasteiger partial charge in [0.25, 0.3) is 0 Å². The Bertz CT molecular complexity index is 369. The molecule has 5 heteroatoms. The van der Waals surface area contributed by atoms with Crippen LogP contribution in [-0.2, 0) is 10.8 Å². The summed E-state index contributed by atoms with van der Waals surface area (Å²) >= 11 is 0. The molecule has 0 unspecified atom stereocenters. The first-order chi connectivity index (χ1) is 10.1. The molecule has 0 saturated heterocycles. The quantitative estimate of drug-likeness (QED) is 0.849. The minimum Gasteiger partial charge on any atom is -0.363 e. The van der Waals surface area contributed by atoms with E-state index in [1.807, 2.05) is 37.2 Å². The third-order valence-corrected chi connectivity index (χ3v) is 2.80. The molecule has 0 N–H and O–H groups in total. The van der Waals surface area contributed by atoms with E-state index in [9.17, 15) is 4.21 Å². The van der Waals surface area contributed by atoms with Gasteiger partial charge in [-0.05, 0) is 46.4 Å². The molecule has 0 aliphatic carbocycles. The van der Waals surface area contributed by atoms with Gasteiger partial charge in [-0.15, -0.1) is 0 Å². The van der Waals surface area contributed by atoms with Gasteiger partial charge in [-0.3, -0.25) is 9.11 Å². The first-order valence-electron chi connectivity index (χ1n) is 7.72. The Labute approximate surface area is 140 Å². The van der Waals surface area contributed by atoms with E-state index in [0.29, 0.717) is 12.1 Å². The molecule has 1 heterocycles. The number of hydrogen-bond donors (Lipinski definition) is 0. The molecule has 0 fully saturated rings. The fraction of sp³-hybridized carbons (Fsp3) is 0.706. The lowest BCUT2D eigenvalue weighted by atomic mass is 10.2. The number of pyridine rings is 1. The largest absolute Gasteiger partial charge is 0.363 e. The first kappa shape index (κ1) is 23.3. The highest BCUT2D eigenvalue weighted by atomic mass is 32.2. The van der Waals surface area contributed by atoms with Crippen molar-refractivity contribution in [3.05, 3.63) is 24.4 Å². The fourth-order valence-corrected chi connectivity index (χ4v) is 1.94. The van der Waals surface area contributed by atoms with Gasteiger partial charge in [0.05, 0.1) is 0 Å². The fourth-order valence-electron chi connectivity index (χ4n) is 1.94. The van der Waals surface area contributed by atoms with Crippen LogP contribution in [0.1, 0.15) is 34.6 Å². The highest BCUT2D eigenvalue weighted by molar-refractivity contribution is 7.83. The molecule has 0 saturated carbocycles. The van der Waals surface area contributed by atoms with Gasteiger partial charge in [0.1, 0.15) is 5.82 Å². The molecule has 0 radical (unpaired) electrons. The smallest absolute Gasteiger partial charge is 0.127 e. The number of nitrogens with zero attached hydrogens (tertiary/aromatic N) is 3. The average Bonchev–Trinajstić information content (AvgIpc) is 2.39. The zero-order chi connectivity index (χ0) is 17.7. The number of rotatable bonds is 4. The van der Waals surface area contributed by atoms with Crippen molar-refractivity contribution in [1.82, 2.24) is 9.88 Å². The van der Waals surface area contributed by atoms with Crippen molar-refractivity contribution in [2.75, 3.05) is 38.1 Å². The predicted molar refractivity (Wildman–Crippen MR) is 101 cm³/mol. The molecule has 0 aromatic carbocycles. The van der Waals surface area contributed by atoms with Crippen molar-refractivity contribution >= 4 is 16.6 Å². The molecule has 0 aliphatic rings. The number of aromatic nitrogens is 1. The molecular weight excluding hydrogens is 294 g/mol. The summed E-state index contributed by atoms with van der Waals surface area (Å²) in [5.74, 6) is 0.998. The van der Waals surface area contributed by atoms with Gasteiger partial charge in [-0.1, -0.05) is 13.0 Å². The second-order valence-corrected chi connectivity index (χ2v) is 7.33. The molecule has 1 rings (SSSR count). The van der Waals surface area contributed by atoms with Crippen molar-refractivity contribution in [3.8, 4) is 0 Å². The van der Waals surface area contributed by atoms with Gasteiger partial charge in [-0.2, -0.15) is 0 Å². The molecule has 0 bridgehead atoms. The molecule has 0 amide bonds. The summed E-state index contributed by atoms with van der Waals surface area (Å²) in [5.41, 5.74) is 0. The lowest BCUT2D eigenvalue weighted by Crippen LogP contribution is -2.36. The average molecular weight is 330 g/mol. The van der Waals surface area contributed by atoms with Crippen molar-refractivity contribution in [1.29, 1.82) is 0 Å². The SMILES string of the molecule is CCN(C(C)C)C(C)C.CN(C)c1ccccn1.CS(C)=O. The van der Waals surface area contributed by atoms with Gasteiger partial charge in [0.2, 0.25) is 0 Å². The van der Waals surface area contributed by atoms with E-state index in [-0.39, 0.29) is 0 Å². The van der Waals surface area contributed by atoms with Crippen LogP contribution < -0.4 is 4.90 Å². The van der Waals surface area contributed by atoms with Gasteiger partial charge < -0.3 is 4.90 Å². The zero-order valence-electron chi connectivity index (χ0n) is 15.8. The van der Waals surface area contributed by atoms with Gasteiger partial charge >= 0.3 is 0 Å². The van der Waals surface area contributed by atoms with E-state index in [0.717, 1.165) is 12.4 Å². The van der Waals surface area contributed by atoms with Crippen molar-refractivity contribution in [2.45, 2.75) is 46.7 Å². The van der Waals surface area contributed by atoms with Gasteiger partial charge in [0, 0.05) is 55.7 Å². The van der Waals surface area contributed by atoms with Crippen LogP contribution in [0.2, 0.25) is 0 Å². The molecule has 22 heavy (non-hydrogen) atoms. The van der Waals surface area contributed by atoms with Crippen LogP contribution in [0.4, 0.5) is 5.82 Å². The summed E-state index contributed by atoms with van der Waals surface area (Å²) in [4.78, 5) is 8.53. The van der Waals surface area contributed by atoms with E-state index in [2.05, 4.69) is 44.5 Å². The zero-order valence-corrected chi connectivity index (χ0v) is 16.6. The Morgan fingerprint density at radius 1 is 1.09 bits per heavy atom. The van der Waals surface area contributed by atoms with E-state index >= 15 is 0 Å². The molecule has 1 aromatic heterocycles. The molecule has 130 valence electrons. The lowest BCUT2D eigenvalue weighted by Gasteiger charge is -2.28. The summed E-state index contributed by atoms with van der Waals surface area (Å²) in [6.45, 7) is 12.3.